The van der Waals surface area contributed by atoms with Gasteiger partial charge in [-0.25, -0.2) is 23.4 Å². The summed E-state index contributed by atoms with van der Waals surface area (Å²) in [6.45, 7) is -0.0260. The van der Waals surface area contributed by atoms with E-state index in [1.54, 1.807) is 30.3 Å². The Morgan fingerprint density at radius 3 is 2.49 bits per heavy atom. The van der Waals surface area contributed by atoms with Gasteiger partial charge in [0.05, 0.1) is 23.0 Å². The van der Waals surface area contributed by atoms with Crippen molar-refractivity contribution < 1.29 is 13.9 Å². The molecule has 3 heterocycles. The highest BCUT2D eigenvalue weighted by molar-refractivity contribution is 5.98. The molecule has 3 N–H and O–H groups in total. The quantitative estimate of drug-likeness (QED) is 0.374. The molecule has 0 radical (unpaired) electrons. The number of hydrogen-bond donors (Lipinski definition) is 2. The summed E-state index contributed by atoms with van der Waals surface area (Å²) in [5.74, 6) is -1.11. The number of aromatic nitrogens is 5. The number of rotatable bonds is 4. The van der Waals surface area contributed by atoms with Crippen LogP contribution in [0.25, 0.3) is 38.8 Å². The van der Waals surface area contributed by atoms with E-state index in [2.05, 4.69) is 15.1 Å². The number of pyridine rings is 1. The Morgan fingerprint density at radius 1 is 0.892 bits per heavy atom. The number of nitrogen functional groups attached to an aromatic ring is 1. The first-order valence-electron chi connectivity index (χ1n) is 11.3. The predicted octanol–water partition coefficient (Wildman–Crippen LogP) is 4.41. The molecular formula is C27H18F2N6O2. The number of phenols is 1. The molecule has 0 aliphatic carbocycles. The zero-order chi connectivity index (χ0) is 25.7. The summed E-state index contributed by atoms with van der Waals surface area (Å²) in [6, 6.07) is 18.2. The number of hydrogen-bond acceptors (Lipinski definition) is 6. The number of para-hydroxylation sites is 1. The van der Waals surface area contributed by atoms with Gasteiger partial charge >= 0.3 is 0 Å². The Labute approximate surface area is 207 Å². The van der Waals surface area contributed by atoms with Crippen molar-refractivity contribution in [3.8, 4) is 22.7 Å². The van der Waals surface area contributed by atoms with Crippen molar-refractivity contribution >= 4 is 27.6 Å². The summed E-state index contributed by atoms with van der Waals surface area (Å²) in [6.07, 6.45) is 1.29. The van der Waals surface area contributed by atoms with E-state index in [9.17, 15) is 18.7 Å². The molecule has 0 bridgehead atoms. The minimum Gasteiger partial charge on any atom is -0.508 e. The van der Waals surface area contributed by atoms with Crippen LogP contribution in [-0.2, 0) is 6.54 Å². The number of nitrogens with zero attached hydrogens (tertiary/aromatic N) is 5. The molecule has 0 aliphatic heterocycles. The number of fused-ring (bicyclic) bond motifs is 2. The minimum atomic E-state index is -0.700. The topological polar surface area (TPSA) is 112 Å². The van der Waals surface area contributed by atoms with Crippen LogP contribution in [0, 0.1) is 11.6 Å². The molecule has 0 aliphatic rings. The van der Waals surface area contributed by atoms with E-state index in [1.807, 2.05) is 0 Å². The average molecular weight is 496 g/mol. The summed E-state index contributed by atoms with van der Waals surface area (Å²) in [5, 5.41) is 15.4. The van der Waals surface area contributed by atoms with Gasteiger partial charge < -0.3 is 10.8 Å². The monoisotopic (exact) mass is 496 g/mol. The van der Waals surface area contributed by atoms with Gasteiger partial charge in [-0.1, -0.05) is 36.4 Å². The van der Waals surface area contributed by atoms with Crippen molar-refractivity contribution in [3.63, 3.8) is 0 Å². The second kappa shape index (κ2) is 8.52. The summed E-state index contributed by atoms with van der Waals surface area (Å²) >= 11 is 0. The maximum Gasteiger partial charge on any atom is 0.266 e. The van der Waals surface area contributed by atoms with E-state index in [4.69, 9.17) is 5.73 Å². The molecule has 0 atom stereocenters. The fraction of sp³-hybridized carbons (Fsp3) is 0.0370. The summed E-state index contributed by atoms with van der Waals surface area (Å²) in [5.41, 5.74) is 7.19. The molecule has 0 saturated heterocycles. The molecule has 0 unspecified atom stereocenters. The lowest BCUT2D eigenvalue weighted by Crippen LogP contribution is -2.25. The molecule has 37 heavy (non-hydrogen) atoms. The molecule has 6 aromatic rings. The minimum absolute atomic E-state index is 0.0218. The third-order valence-electron chi connectivity index (χ3n) is 6.16. The van der Waals surface area contributed by atoms with Crippen molar-refractivity contribution in [2.24, 2.45) is 0 Å². The lowest BCUT2D eigenvalue weighted by Gasteiger charge is -2.16. The van der Waals surface area contributed by atoms with Gasteiger partial charge in [-0.15, -0.1) is 0 Å². The van der Waals surface area contributed by atoms with Crippen molar-refractivity contribution in [3.05, 3.63) is 107 Å². The number of halogens is 2. The van der Waals surface area contributed by atoms with Crippen LogP contribution < -0.4 is 11.3 Å². The van der Waals surface area contributed by atoms with Gasteiger partial charge in [-0.2, -0.15) is 5.10 Å². The fourth-order valence-electron chi connectivity index (χ4n) is 4.54. The van der Waals surface area contributed by atoms with E-state index in [0.717, 1.165) is 4.57 Å². The van der Waals surface area contributed by atoms with E-state index >= 15 is 0 Å². The molecule has 0 spiro atoms. The van der Waals surface area contributed by atoms with Crippen molar-refractivity contribution in [1.82, 2.24) is 24.3 Å². The zero-order valence-corrected chi connectivity index (χ0v) is 19.1. The molecule has 0 amide bonds. The Balaban J connectivity index is 1.63. The van der Waals surface area contributed by atoms with E-state index in [-0.39, 0.29) is 29.2 Å². The van der Waals surface area contributed by atoms with Crippen LogP contribution in [0.3, 0.4) is 0 Å². The van der Waals surface area contributed by atoms with Crippen LogP contribution >= 0.6 is 0 Å². The Kier molecular flexibility index (Phi) is 5.15. The fourth-order valence-corrected chi connectivity index (χ4v) is 4.54. The van der Waals surface area contributed by atoms with Crippen LogP contribution in [0.4, 0.5) is 14.6 Å². The molecule has 8 nitrogen and oxygen atoms in total. The van der Waals surface area contributed by atoms with Gasteiger partial charge in [-0.05, 0) is 41.8 Å². The summed E-state index contributed by atoms with van der Waals surface area (Å²) < 4.78 is 32.3. The van der Waals surface area contributed by atoms with Crippen molar-refractivity contribution in [2.75, 3.05) is 5.73 Å². The molecule has 3 aromatic heterocycles. The first-order chi connectivity index (χ1) is 17.9. The number of anilines is 1. The first-order valence-corrected chi connectivity index (χ1v) is 11.3. The van der Waals surface area contributed by atoms with Gasteiger partial charge in [0.25, 0.3) is 5.56 Å². The number of aromatic hydroxyl groups is 1. The molecule has 0 saturated carbocycles. The normalized spacial score (nSPS) is 11.4. The third-order valence-corrected chi connectivity index (χ3v) is 6.16. The number of nitrogens with two attached hydrogens (primary N) is 1. The number of benzene rings is 3. The van der Waals surface area contributed by atoms with Crippen LogP contribution in [-0.4, -0.2) is 29.4 Å². The van der Waals surface area contributed by atoms with Crippen LogP contribution in [0.2, 0.25) is 0 Å². The van der Waals surface area contributed by atoms with Crippen LogP contribution in [0.5, 0.6) is 5.75 Å². The van der Waals surface area contributed by atoms with E-state index in [0.29, 0.717) is 33.4 Å². The van der Waals surface area contributed by atoms with Crippen molar-refractivity contribution in [1.29, 1.82) is 0 Å². The maximum atomic E-state index is 14.9. The molecule has 10 heteroatoms. The Hall–Kier alpha value is -5.12. The molecule has 0 fully saturated rings. The SMILES string of the molecule is Nc1ncnc2c1c(-c1cccc(O)c1)nn2Cc1cc2cccc(F)c2c(=O)n1-c1ccccc1F. The lowest BCUT2D eigenvalue weighted by molar-refractivity contribution is 0.475. The first kappa shape index (κ1) is 22.4. The summed E-state index contributed by atoms with van der Waals surface area (Å²) in [4.78, 5) is 22.0. The second-order valence-corrected chi connectivity index (χ2v) is 8.45. The maximum absolute atomic E-state index is 14.9. The smallest absolute Gasteiger partial charge is 0.266 e. The number of phenolic OH excluding ortho intramolecular Hbond substituents is 1. The molecule has 3 aromatic carbocycles. The molecule has 182 valence electrons. The van der Waals surface area contributed by atoms with E-state index in [1.165, 1.54) is 53.5 Å². The van der Waals surface area contributed by atoms with E-state index < -0.39 is 17.2 Å². The zero-order valence-electron chi connectivity index (χ0n) is 19.1. The standard InChI is InChI=1S/C27H18F2N6O2/c28-19-8-1-2-10-21(19)35-17(11-15-5-4-9-20(29)22(15)27(35)37)13-34-26-23(25(30)31-14-32-26)24(33-34)16-6-3-7-18(36)12-16/h1-12,14,36H,13H2,(H2,30,31,32). The van der Waals surface area contributed by atoms with Gasteiger partial charge in [0.1, 0.15) is 35.2 Å². The van der Waals surface area contributed by atoms with Gasteiger partial charge in [0.15, 0.2) is 5.65 Å². The van der Waals surface area contributed by atoms with Crippen molar-refractivity contribution in [2.45, 2.75) is 6.54 Å². The molecular weight excluding hydrogens is 478 g/mol. The Bertz CT molecular complexity index is 1900. The Morgan fingerprint density at radius 2 is 1.68 bits per heavy atom. The second-order valence-electron chi connectivity index (χ2n) is 8.45. The highest BCUT2D eigenvalue weighted by atomic mass is 19.1. The average Bonchev–Trinajstić information content (AvgIpc) is 3.25. The predicted molar refractivity (Wildman–Crippen MR) is 135 cm³/mol. The largest absolute Gasteiger partial charge is 0.508 e. The lowest BCUT2D eigenvalue weighted by atomic mass is 10.1. The molecule has 6 rings (SSSR count). The third kappa shape index (κ3) is 3.66. The van der Waals surface area contributed by atoms with Crippen LogP contribution in [0.15, 0.2) is 83.9 Å². The highest BCUT2D eigenvalue weighted by Crippen LogP contribution is 2.32. The highest BCUT2D eigenvalue weighted by Gasteiger charge is 2.21. The van der Waals surface area contributed by atoms with Gasteiger partial charge in [0.2, 0.25) is 0 Å². The van der Waals surface area contributed by atoms with Gasteiger partial charge in [-0.3, -0.25) is 9.36 Å². The summed E-state index contributed by atoms with van der Waals surface area (Å²) in [7, 11) is 0. The van der Waals surface area contributed by atoms with Crippen LogP contribution in [0.1, 0.15) is 5.69 Å². The van der Waals surface area contributed by atoms with Gasteiger partial charge in [0, 0.05) is 11.3 Å².